The fraction of sp³-hybridized carbons (Fsp3) is 0.500. The minimum atomic E-state index is -3.46. The third kappa shape index (κ3) is 3.60. The summed E-state index contributed by atoms with van der Waals surface area (Å²) in [5, 5.41) is 9.41. The number of thiocarbonyl (C=S) groups is 1. The van der Waals surface area contributed by atoms with Gasteiger partial charge in [0.15, 0.2) is 0 Å². The molecule has 1 aliphatic heterocycles. The van der Waals surface area contributed by atoms with Crippen LogP contribution in [0.3, 0.4) is 0 Å². The molecule has 7 heteroatoms. The van der Waals surface area contributed by atoms with E-state index in [0.717, 1.165) is 6.42 Å². The van der Waals surface area contributed by atoms with Crippen molar-refractivity contribution >= 4 is 27.2 Å². The van der Waals surface area contributed by atoms with E-state index in [1.54, 1.807) is 24.3 Å². The van der Waals surface area contributed by atoms with Crippen molar-refractivity contribution in [1.82, 2.24) is 4.31 Å². The Morgan fingerprint density at radius 1 is 1.52 bits per heavy atom. The summed E-state index contributed by atoms with van der Waals surface area (Å²) < 4.78 is 26.5. The summed E-state index contributed by atoms with van der Waals surface area (Å²) in [6.45, 7) is 2.28. The van der Waals surface area contributed by atoms with Gasteiger partial charge in [0.25, 0.3) is 0 Å². The number of hydrogen-bond acceptors (Lipinski definition) is 4. The largest absolute Gasteiger partial charge is 0.395 e. The number of aliphatic hydroxyl groups is 1. The van der Waals surface area contributed by atoms with Crippen LogP contribution in [0.25, 0.3) is 0 Å². The third-order valence-corrected chi connectivity index (χ3v) is 6.04. The molecule has 1 aromatic rings. The van der Waals surface area contributed by atoms with E-state index in [-0.39, 0.29) is 29.3 Å². The van der Waals surface area contributed by atoms with Gasteiger partial charge in [0.05, 0.1) is 18.4 Å². The first-order valence-corrected chi connectivity index (χ1v) is 8.86. The lowest BCUT2D eigenvalue weighted by molar-refractivity contribution is 0.191. The Hall–Kier alpha value is -1.02. The van der Waals surface area contributed by atoms with Crippen molar-refractivity contribution in [3.63, 3.8) is 0 Å². The molecule has 0 saturated carbocycles. The Labute approximate surface area is 130 Å². The fourth-order valence-electron chi connectivity index (χ4n) is 2.70. The molecule has 1 fully saturated rings. The Morgan fingerprint density at radius 3 is 2.86 bits per heavy atom. The molecule has 21 heavy (non-hydrogen) atoms. The Morgan fingerprint density at radius 2 is 2.24 bits per heavy atom. The number of hydrogen-bond donors (Lipinski definition) is 2. The van der Waals surface area contributed by atoms with Crippen molar-refractivity contribution in [1.29, 1.82) is 0 Å². The van der Waals surface area contributed by atoms with E-state index in [1.165, 1.54) is 4.31 Å². The highest BCUT2D eigenvalue weighted by Crippen LogP contribution is 2.28. The maximum Gasteiger partial charge on any atom is 0.218 e. The van der Waals surface area contributed by atoms with Crippen LogP contribution >= 0.6 is 12.2 Å². The van der Waals surface area contributed by atoms with Crippen molar-refractivity contribution in [2.75, 3.05) is 13.2 Å². The van der Waals surface area contributed by atoms with Gasteiger partial charge < -0.3 is 10.8 Å². The van der Waals surface area contributed by atoms with Gasteiger partial charge in [-0.2, -0.15) is 4.31 Å². The summed E-state index contributed by atoms with van der Waals surface area (Å²) in [4.78, 5) is 0.247. The lowest BCUT2D eigenvalue weighted by Crippen LogP contribution is -2.40. The van der Waals surface area contributed by atoms with Gasteiger partial charge in [-0.1, -0.05) is 37.3 Å². The van der Waals surface area contributed by atoms with Crippen LogP contribution in [0.15, 0.2) is 24.3 Å². The van der Waals surface area contributed by atoms with E-state index in [4.69, 9.17) is 18.0 Å². The second-order valence-electron chi connectivity index (χ2n) is 5.45. The molecule has 116 valence electrons. The maximum absolute atomic E-state index is 12.5. The molecule has 5 nitrogen and oxygen atoms in total. The van der Waals surface area contributed by atoms with Gasteiger partial charge in [0, 0.05) is 12.1 Å². The standard InChI is InChI=1S/C14H20N2O3S2/c1-10-5-6-16(13(10)8-17)21(18,19)9-11-3-2-4-12(7-11)14(15)20/h2-4,7,10,13,17H,5-6,8-9H2,1H3,(H2,15,20). The van der Waals surface area contributed by atoms with Crippen LogP contribution in [0.1, 0.15) is 24.5 Å². The molecule has 1 saturated heterocycles. The zero-order valence-electron chi connectivity index (χ0n) is 11.9. The van der Waals surface area contributed by atoms with Crippen LogP contribution in [-0.2, 0) is 15.8 Å². The smallest absolute Gasteiger partial charge is 0.218 e. The number of rotatable bonds is 5. The third-order valence-electron chi connectivity index (χ3n) is 3.94. The molecule has 2 atom stereocenters. The fourth-order valence-corrected chi connectivity index (χ4v) is 4.66. The zero-order valence-corrected chi connectivity index (χ0v) is 13.5. The minimum Gasteiger partial charge on any atom is -0.395 e. The van der Waals surface area contributed by atoms with Gasteiger partial charge >= 0.3 is 0 Å². The van der Waals surface area contributed by atoms with Crippen LogP contribution in [-0.4, -0.2) is 42.0 Å². The first kappa shape index (κ1) is 16.4. The molecule has 0 spiro atoms. The summed E-state index contributed by atoms with van der Waals surface area (Å²) in [5.74, 6) is 0.0693. The van der Waals surface area contributed by atoms with Gasteiger partial charge in [-0.15, -0.1) is 0 Å². The van der Waals surface area contributed by atoms with Crippen molar-refractivity contribution in [2.24, 2.45) is 11.7 Å². The predicted molar refractivity (Wildman–Crippen MR) is 86.3 cm³/mol. The van der Waals surface area contributed by atoms with E-state index in [1.807, 2.05) is 6.92 Å². The molecule has 0 radical (unpaired) electrons. The molecule has 2 rings (SSSR count). The summed E-state index contributed by atoms with van der Waals surface area (Å²) in [7, 11) is -3.46. The molecule has 2 unspecified atom stereocenters. The normalized spacial score (nSPS) is 23.3. The average molecular weight is 328 g/mol. The second kappa shape index (κ2) is 6.39. The first-order valence-electron chi connectivity index (χ1n) is 6.84. The lowest BCUT2D eigenvalue weighted by Gasteiger charge is -2.24. The Bertz CT molecular complexity index is 631. The van der Waals surface area contributed by atoms with Gasteiger partial charge in [-0.3, -0.25) is 0 Å². The van der Waals surface area contributed by atoms with Crippen LogP contribution < -0.4 is 5.73 Å². The van der Waals surface area contributed by atoms with E-state index in [9.17, 15) is 13.5 Å². The molecule has 0 aromatic heterocycles. The number of nitrogens with two attached hydrogens (primary N) is 1. The van der Waals surface area contributed by atoms with E-state index >= 15 is 0 Å². The summed E-state index contributed by atoms with van der Waals surface area (Å²) in [6.07, 6.45) is 0.775. The molecule has 0 amide bonds. The summed E-state index contributed by atoms with van der Waals surface area (Å²) >= 11 is 4.91. The molecule has 3 N–H and O–H groups in total. The number of benzene rings is 1. The molecule has 1 aromatic carbocycles. The van der Waals surface area contributed by atoms with Crippen LogP contribution in [0.5, 0.6) is 0 Å². The van der Waals surface area contributed by atoms with Crippen molar-refractivity contribution in [3.8, 4) is 0 Å². The predicted octanol–water partition coefficient (Wildman–Crippen LogP) is 0.853. The average Bonchev–Trinajstić information content (AvgIpc) is 2.80. The Kier molecular flexibility index (Phi) is 4.98. The van der Waals surface area contributed by atoms with E-state index in [2.05, 4.69) is 0 Å². The topological polar surface area (TPSA) is 83.6 Å². The van der Waals surface area contributed by atoms with Gasteiger partial charge in [-0.25, -0.2) is 8.42 Å². The molecular formula is C14H20N2O3S2. The molecule has 1 heterocycles. The monoisotopic (exact) mass is 328 g/mol. The molecule has 1 aliphatic rings. The van der Waals surface area contributed by atoms with E-state index in [0.29, 0.717) is 17.7 Å². The number of nitrogens with zero attached hydrogens (tertiary/aromatic N) is 1. The number of sulfonamides is 1. The van der Waals surface area contributed by atoms with Crippen LogP contribution in [0, 0.1) is 5.92 Å². The maximum atomic E-state index is 12.5. The number of aliphatic hydroxyl groups excluding tert-OH is 1. The highest BCUT2D eigenvalue weighted by molar-refractivity contribution is 7.88. The van der Waals surface area contributed by atoms with Gasteiger partial charge in [-0.05, 0) is 24.0 Å². The molecule has 0 aliphatic carbocycles. The second-order valence-corrected chi connectivity index (χ2v) is 7.81. The van der Waals surface area contributed by atoms with Gasteiger partial charge in [0.2, 0.25) is 10.0 Å². The zero-order chi connectivity index (χ0) is 15.6. The van der Waals surface area contributed by atoms with Crippen molar-refractivity contribution < 1.29 is 13.5 Å². The first-order chi connectivity index (χ1) is 9.85. The van der Waals surface area contributed by atoms with Gasteiger partial charge in [0.1, 0.15) is 4.99 Å². The summed E-state index contributed by atoms with van der Waals surface area (Å²) in [5.41, 5.74) is 6.88. The molecular weight excluding hydrogens is 308 g/mol. The Balaban J connectivity index is 2.22. The summed E-state index contributed by atoms with van der Waals surface area (Å²) in [6, 6.07) is 6.62. The minimum absolute atomic E-state index is 0.104. The van der Waals surface area contributed by atoms with Crippen molar-refractivity contribution in [2.45, 2.75) is 25.1 Å². The highest BCUT2D eigenvalue weighted by atomic mass is 32.2. The lowest BCUT2D eigenvalue weighted by atomic mass is 10.0. The quantitative estimate of drug-likeness (QED) is 0.783. The highest BCUT2D eigenvalue weighted by Gasteiger charge is 2.38. The van der Waals surface area contributed by atoms with E-state index < -0.39 is 10.0 Å². The molecule has 0 bridgehead atoms. The van der Waals surface area contributed by atoms with Crippen molar-refractivity contribution in [3.05, 3.63) is 35.4 Å². The SMILES string of the molecule is CC1CCN(S(=O)(=O)Cc2cccc(C(N)=S)c2)C1CO. The van der Waals surface area contributed by atoms with Crippen LogP contribution in [0.2, 0.25) is 0 Å². The van der Waals surface area contributed by atoms with Crippen LogP contribution in [0.4, 0.5) is 0 Å².